The van der Waals surface area contributed by atoms with Gasteiger partial charge in [-0.05, 0) is 0 Å². The Balaban J connectivity index is 0.00000267. The average molecular weight is 652 g/mol. The van der Waals surface area contributed by atoms with Crippen LogP contribution in [0.1, 0.15) is 58.2 Å². The van der Waals surface area contributed by atoms with Crippen molar-refractivity contribution in [3.8, 4) is 0 Å². The molecular formula is C30H33F6LiOSb. The maximum Gasteiger partial charge on any atom is 1.00 e. The van der Waals surface area contributed by atoms with Gasteiger partial charge in [-0.2, -0.15) is 0 Å². The molecule has 0 unspecified atom stereocenters. The summed E-state index contributed by atoms with van der Waals surface area (Å²) in [5, 5.41) is 0. The van der Waals surface area contributed by atoms with E-state index in [-0.39, 0.29) is 40.6 Å². The molecule has 39 heavy (non-hydrogen) atoms. The van der Waals surface area contributed by atoms with Crippen molar-refractivity contribution in [3.63, 3.8) is 0 Å². The number of rotatable bonds is 2. The Hall–Kier alpha value is -1.38. The van der Waals surface area contributed by atoms with Crippen molar-refractivity contribution in [1.29, 1.82) is 0 Å². The monoisotopic (exact) mass is 651 g/mol. The van der Waals surface area contributed by atoms with E-state index in [0.717, 1.165) is 17.2 Å². The van der Waals surface area contributed by atoms with Crippen LogP contribution in [0.2, 0.25) is 0 Å². The standard InChI is InChI=1S/2C10H13.C9H4F6O.CH3.Li.Sb/c2*1-10(2,3)9-7-5-4-6-8-9;10-8(11,12)7(16,9(13,14)15)6-4-2-1-3-5-6;;;/h2*5-8H,1-3H3;1-4H;1H3;;/q;;2*-1;2*+1. The molecule has 3 aromatic carbocycles. The summed E-state index contributed by atoms with van der Waals surface area (Å²) in [5.74, 6) is 0. The molecule has 1 aliphatic heterocycles. The van der Waals surface area contributed by atoms with Crippen molar-refractivity contribution in [2.24, 2.45) is 0 Å². The van der Waals surface area contributed by atoms with Gasteiger partial charge >= 0.3 is 238 Å². The average Bonchev–Trinajstić information content (AvgIpc) is 3.12. The first kappa shape index (κ1) is 33.8. The summed E-state index contributed by atoms with van der Waals surface area (Å²) in [6.07, 6.45) is -11.4. The third kappa shape index (κ3) is 5.46. The van der Waals surface area contributed by atoms with Crippen molar-refractivity contribution < 1.29 is 48.2 Å². The number of benzene rings is 3. The van der Waals surface area contributed by atoms with E-state index in [4.69, 9.17) is 3.02 Å². The predicted molar refractivity (Wildman–Crippen MR) is 143 cm³/mol. The second kappa shape index (κ2) is 10.8. The summed E-state index contributed by atoms with van der Waals surface area (Å²) < 4.78 is 94.1. The molecule has 0 aromatic heterocycles. The van der Waals surface area contributed by atoms with Crippen LogP contribution >= 0.6 is 0 Å². The minimum absolute atomic E-state index is 0. The first-order valence-electron chi connectivity index (χ1n) is 11.9. The molecule has 9 heteroatoms. The van der Waals surface area contributed by atoms with Crippen molar-refractivity contribution in [1.82, 2.24) is 0 Å². The molecule has 0 N–H and O–H groups in total. The Morgan fingerprint density at radius 3 is 1.28 bits per heavy atom. The van der Waals surface area contributed by atoms with Gasteiger partial charge in [-0.3, -0.25) is 0 Å². The van der Waals surface area contributed by atoms with Gasteiger partial charge in [0.05, 0.1) is 0 Å². The summed E-state index contributed by atoms with van der Waals surface area (Å²) in [6.45, 7) is 11.9. The molecule has 0 bridgehead atoms. The van der Waals surface area contributed by atoms with Gasteiger partial charge in [-0.25, -0.2) is 0 Å². The predicted octanol–water partition coefficient (Wildman–Crippen LogP) is 4.05. The molecule has 0 atom stereocenters. The zero-order valence-electron chi connectivity index (χ0n) is 23.6. The Labute approximate surface area is 244 Å². The van der Waals surface area contributed by atoms with Crippen LogP contribution in [0.15, 0.2) is 72.8 Å². The SMILES string of the molecule is CC(C)(C)c1cc[c]([Sb]2([c]3ccc(C(C)(C)C)cc3)[O]C(C(F)(F)F)(C(F)(F)F)c3cccc[c]32)cc1.[CH3-].[Li+]. The first-order valence-corrected chi connectivity index (χ1v) is 16.8. The molecular weight excluding hydrogens is 619 g/mol. The normalized spacial score (nSPS) is 16.6. The number of fused-ring (bicyclic) bond motifs is 1. The zero-order valence-corrected chi connectivity index (χ0v) is 26.1. The van der Waals surface area contributed by atoms with Crippen molar-refractivity contribution in [2.75, 3.05) is 0 Å². The van der Waals surface area contributed by atoms with Gasteiger partial charge in [0, 0.05) is 0 Å². The molecule has 0 saturated carbocycles. The molecule has 1 nitrogen and oxygen atoms in total. The molecule has 0 saturated heterocycles. The molecule has 3 aromatic rings. The van der Waals surface area contributed by atoms with Gasteiger partial charge in [0.15, 0.2) is 0 Å². The Morgan fingerprint density at radius 1 is 0.590 bits per heavy atom. The molecule has 4 rings (SSSR count). The fourth-order valence-corrected chi connectivity index (χ4v) is 15.9. The summed E-state index contributed by atoms with van der Waals surface area (Å²) in [7, 11) is 0. The van der Waals surface area contributed by atoms with E-state index >= 15 is 0 Å². The van der Waals surface area contributed by atoms with Crippen molar-refractivity contribution >= 4 is 29.8 Å². The number of hydrogen-bond acceptors (Lipinski definition) is 1. The molecule has 1 aliphatic rings. The molecule has 0 aliphatic carbocycles. The van der Waals surface area contributed by atoms with Crippen LogP contribution in [0.3, 0.4) is 0 Å². The third-order valence-corrected chi connectivity index (χ3v) is 17.4. The third-order valence-electron chi connectivity index (χ3n) is 6.89. The quantitative estimate of drug-likeness (QED) is 0.231. The van der Waals surface area contributed by atoms with E-state index in [1.54, 1.807) is 48.5 Å². The summed E-state index contributed by atoms with van der Waals surface area (Å²) in [4.78, 5) is 0. The summed E-state index contributed by atoms with van der Waals surface area (Å²) in [5.41, 5.74) is -3.92. The van der Waals surface area contributed by atoms with E-state index in [9.17, 15) is 26.3 Å². The van der Waals surface area contributed by atoms with Gasteiger partial charge in [0.1, 0.15) is 0 Å². The van der Waals surface area contributed by atoms with E-state index in [0.29, 0.717) is 7.02 Å². The van der Waals surface area contributed by atoms with Gasteiger partial charge in [0.25, 0.3) is 0 Å². The second-order valence-corrected chi connectivity index (χ2v) is 19.8. The zero-order chi connectivity index (χ0) is 27.7. The molecule has 1 heterocycles. The van der Waals surface area contributed by atoms with E-state index in [1.165, 1.54) is 18.2 Å². The molecule has 0 fully saturated rings. The van der Waals surface area contributed by atoms with Crippen LogP contribution in [0.25, 0.3) is 0 Å². The topological polar surface area (TPSA) is 9.23 Å². The maximum absolute atomic E-state index is 14.6. The van der Waals surface area contributed by atoms with Crippen LogP contribution < -0.4 is 29.4 Å². The Kier molecular flexibility index (Phi) is 9.35. The largest absolute Gasteiger partial charge is 1.00 e. The smallest absolute Gasteiger partial charge is 0.358 e. The minimum atomic E-state index is -5.71. The molecule has 0 amide bonds. The maximum atomic E-state index is 14.6. The summed E-state index contributed by atoms with van der Waals surface area (Å²) >= 11 is -5.20. The van der Waals surface area contributed by atoms with Crippen LogP contribution in [0.4, 0.5) is 26.3 Å². The Morgan fingerprint density at radius 2 is 0.949 bits per heavy atom. The first-order chi connectivity index (χ1) is 16.9. The van der Waals surface area contributed by atoms with Crippen molar-refractivity contribution in [3.05, 3.63) is 96.9 Å². The van der Waals surface area contributed by atoms with Crippen LogP contribution in [-0.4, -0.2) is 31.6 Å². The van der Waals surface area contributed by atoms with Gasteiger partial charge in [-0.1, -0.05) is 0 Å². The molecule has 0 spiro atoms. The van der Waals surface area contributed by atoms with Crippen LogP contribution in [0.5, 0.6) is 0 Å². The number of halogens is 6. The van der Waals surface area contributed by atoms with Crippen molar-refractivity contribution in [2.45, 2.75) is 70.3 Å². The van der Waals surface area contributed by atoms with Gasteiger partial charge in [0.2, 0.25) is 0 Å². The summed E-state index contributed by atoms with van der Waals surface area (Å²) in [6, 6.07) is 18.7. The molecule has 1 radical (unpaired) electrons. The molecule has 207 valence electrons. The number of alkyl halides is 6. The van der Waals surface area contributed by atoms with Crippen LogP contribution in [0, 0.1) is 7.43 Å². The Bertz CT molecular complexity index is 1210. The van der Waals surface area contributed by atoms with Gasteiger partial charge in [-0.15, -0.1) is 0 Å². The van der Waals surface area contributed by atoms with Gasteiger partial charge < -0.3 is 7.43 Å². The number of hydrogen-bond donors (Lipinski definition) is 0. The van der Waals surface area contributed by atoms with E-state index in [1.807, 2.05) is 41.5 Å². The van der Waals surface area contributed by atoms with E-state index < -0.39 is 42.7 Å². The second-order valence-electron chi connectivity index (χ2n) is 11.5. The van der Waals surface area contributed by atoms with E-state index in [2.05, 4.69) is 0 Å². The fraction of sp³-hybridized carbons (Fsp3) is 0.367. The minimum Gasteiger partial charge on any atom is -0.358 e. The fourth-order valence-electron chi connectivity index (χ4n) is 4.79. The van der Waals surface area contributed by atoms with Crippen LogP contribution in [-0.2, 0) is 19.4 Å².